The van der Waals surface area contributed by atoms with Gasteiger partial charge in [-0.2, -0.15) is 0 Å². The van der Waals surface area contributed by atoms with Gasteiger partial charge < -0.3 is 4.90 Å². The first-order chi connectivity index (χ1) is 7.14. The summed E-state index contributed by atoms with van der Waals surface area (Å²) >= 11 is 0. The molecule has 1 aliphatic heterocycles. The lowest BCUT2D eigenvalue weighted by molar-refractivity contribution is 0.333. The van der Waals surface area contributed by atoms with E-state index in [0.29, 0.717) is 5.41 Å². The Bertz CT molecular complexity index is 248. The Kier molecular flexibility index (Phi) is 5.10. The van der Waals surface area contributed by atoms with Crippen LogP contribution >= 0.6 is 0 Å². The van der Waals surface area contributed by atoms with E-state index in [1.165, 1.54) is 13.0 Å². The summed E-state index contributed by atoms with van der Waals surface area (Å²) in [5.41, 5.74) is 3.82. The maximum atomic E-state index is 2.43. The van der Waals surface area contributed by atoms with Gasteiger partial charge in [-0.3, -0.25) is 0 Å². The standard InChI is InChI=1S/C13H25N.C2H6/c1-12(2,3)10-8-9-14(7)11(10)13(4,5)6;1-2/h8-9H2,1-7H3;1-2H3. The molecule has 16 heavy (non-hydrogen) atoms. The molecule has 0 atom stereocenters. The van der Waals surface area contributed by atoms with Crippen LogP contribution in [0.5, 0.6) is 0 Å². The minimum absolute atomic E-state index is 0.286. The van der Waals surface area contributed by atoms with E-state index >= 15 is 0 Å². The highest BCUT2D eigenvalue weighted by Gasteiger charge is 2.33. The summed E-state index contributed by atoms with van der Waals surface area (Å²) in [6.45, 7) is 19.1. The Labute approximate surface area is 103 Å². The lowest BCUT2D eigenvalue weighted by Gasteiger charge is -2.32. The zero-order chi connectivity index (χ0) is 13.1. The van der Waals surface area contributed by atoms with E-state index < -0.39 is 0 Å². The molecular weight excluding hydrogens is 194 g/mol. The van der Waals surface area contributed by atoms with Crippen molar-refractivity contribution in [1.82, 2.24) is 4.90 Å². The molecule has 0 saturated heterocycles. The molecule has 1 heteroatoms. The van der Waals surface area contributed by atoms with Crippen LogP contribution in [-0.4, -0.2) is 18.5 Å². The second-order valence-corrected chi connectivity index (χ2v) is 6.50. The number of rotatable bonds is 0. The molecule has 0 bridgehead atoms. The van der Waals surface area contributed by atoms with Crippen molar-refractivity contribution in [3.05, 3.63) is 11.3 Å². The van der Waals surface area contributed by atoms with Gasteiger partial charge in [-0.1, -0.05) is 55.4 Å². The number of nitrogens with zero attached hydrogens (tertiary/aromatic N) is 1. The van der Waals surface area contributed by atoms with E-state index in [1.54, 1.807) is 11.3 Å². The minimum atomic E-state index is 0.286. The summed E-state index contributed by atoms with van der Waals surface area (Å²) < 4.78 is 0. The van der Waals surface area contributed by atoms with E-state index in [9.17, 15) is 0 Å². The smallest absolute Gasteiger partial charge is 0.0210 e. The average molecular weight is 225 g/mol. The van der Waals surface area contributed by atoms with Gasteiger partial charge in [-0.25, -0.2) is 0 Å². The summed E-state index contributed by atoms with van der Waals surface area (Å²) in [5, 5.41) is 0. The quantitative estimate of drug-likeness (QED) is 0.578. The molecule has 0 unspecified atom stereocenters. The predicted octanol–water partition coefficient (Wildman–Crippen LogP) is 4.69. The van der Waals surface area contributed by atoms with Gasteiger partial charge >= 0.3 is 0 Å². The maximum absolute atomic E-state index is 2.43. The lowest BCUT2D eigenvalue weighted by atomic mass is 9.79. The second kappa shape index (κ2) is 5.25. The molecule has 0 aromatic heterocycles. The molecule has 0 radical (unpaired) electrons. The zero-order valence-electron chi connectivity index (χ0n) is 12.9. The Morgan fingerprint density at radius 1 is 0.875 bits per heavy atom. The van der Waals surface area contributed by atoms with Crippen LogP contribution < -0.4 is 0 Å². The maximum Gasteiger partial charge on any atom is 0.0210 e. The fourth-order valence-corrected chi connectivity index (χ4v) is 2.50. The molecule has 1 aliphatic rings. The summed E-state index contributed by atoms with van der Waals surface area (Å²) in [6, 6.07) is 0. The fourth-order valence-electron chi connectivity index (χ4n) is 2.50. The molecule has 0 aliphatic carbocycles. The van der Waals surface area contributed by atoms with E-state index in [0.717, 1.165) is 0 Å². The Morgan fingerprint density at radius 3 is 1.56 bits per heavy atom. The molecule has 0 amide bonds. The zero-order valence-corrected chi connectivity index (χ0v) is 12.9. The molecule has 0 N–H and O–H groups in total. The van der Waals surface area contributed by atoms with Gasteiger partial charge in [0.2, 0.25) is 0 Å². The normalized spacial score (nSPS) is 17.4. The van der Waals surface area contributed by atoms with Crippen molar-refractivity contribution in [1.29, 1.82) is 0 Å². The van der Waals surface area contributed by atoms with Crippen LogP contribution in [0.15, 0.2) is 11.3 Å². The molecule has 0 fully saturated rings. The van der Waals surface area contributed by atoms with Crippen molar-refractivity contribution in [2.75, 3.05) is 13.6 Å². The first kappa shape index (κ1) is 15.5. The van der Waals surface area contributed by atoms with E-state index in [-0.39, 0.29) is 5.41 Å². The first-order valence-corrected chi connectivity index (χ1v) is 6.59. The van der Waals surface area contributed by atoms with Crippen molar-refractivity contribution < 1.29 is 0 Å². The van der Waals surface area contributed by atoms with Gasteiger partial charge in [-0.15, -0.1) is 0 Å². The summed E-state index contributed by atoms with van der Waals surface area (Å²) in [6.07, 6.45) is 1.24. The third kappa shape index (κ3) is 3.54. The molecule has 1 rings (SSSR count). The van der Waals surface area contributed by atoms with Crippen LogP contribution in [0.3, 0.4) is 0 Å². The van der Waals surface area contributed by atoms with Crippen molar-refractivity contribution >= 4 is 0 Å². The molecule has 0 aromatic rings. The van der Waals surface area contributed by atoms with Crippen LogP contribution in [-0.2, 0) is 0 Å². The number of hydrogen-bond acceptors (Lipinski definition) is 1. The minimum Gasteiger partial charge on any atom is -0.377 e. The SMILES string of the molecule is CC.CN1CCC(C(C)(C)C)=C1C(C)(C)C. The van der Waals surface area contributed by atoms with E-state index in [2.05, 4.69) is 53.5 Å². The Balaban J connectivity index is 0.00000106. The highest BCUT2D eigenvalue weighted by atomic mass is 15.1. The summed E-state index contributed by atoms with van der Waals surface area (Å²) in [4.78, 5) is 2.43. The van der Waals surface area contributed by atoms with Crippen LogP contribution in [0, 0.1) is 10.8 Å². The third-order valence-corrected chi connectivity index (χ3v) is 2.98. The van der Waals surface area contributed by atoms with Crippen molar-refractivity contribution in [3.8, 4) is 0 Å². The van der Waals surface area contributed by atoms with E-state index in [4.69, 9.17) is 0 Å². The van der Waals surface area contributed by atoms with Gasteiger partial charge in [-0.05, 0) is 17.4 Å². The fraction of sp³-hybridized carbons (Fsp3) is 0.867. The van der Waals surface area contributed by atoms with Crippen molar-refractivity contribution in [2.45, 2.75) is 61.8 Å². The van der Waals surface area contributed by atoms with Crippen molar-refractivity contribution in [2.24, 2.45) is 10.8 Å². The highest BCUT2D eigenvalue weighted by molar-refractivity contribution is 5.27. The third-order valence-electron chi connectivity index (χ3n) is 2.98. The highest BCUT2D eigenvalue weighted by Crippen LogP contribution is 2.43. The average Bonchev–Trinajstić information content (AvgIpc) is 2.49. The number of allylic oxidation sites excluding steroid dienone is 1. The Morgan fingerprint density at radius 2 is 1.31 bits per heavy atom. The topological polar surface area (TPSA) is 3.24 Å². The van der Waals surface area contributed by atoms with Crippen LogP contribution in [0.2, 0.25) is 0 Å². The monoisotopic (exact) mass is 225 g/mol. The van der Waals surface area contributed by atoms with Gasteiger partial charge in [0.15, 0.2) is 0 Å². The molecule has 0 spiro atoms. The number of hydrogen-bond donors (Lipinski definition) is 0. The lowest BCUT2D eigenvalue weighted by Crippen LogP contribution is -2.25. The summed E-state index contributed by atoms with van der Waals surface area (Å²) in [5.74, 6) is 0. The molecule has 0 aromatic carbocycles. The van der Waals surface area contributed by atoms with Crippen LogP contribution in [0.25, 0.3) is 0 Å². The molecule has 96 valence electrons. The largest absolute Gasteiger partial charge is 0.377 e. The predicted molar refractivity (Wildman–Crippen MR) is 74.5 cm³/mol. The van der Waals surface area contributed by atoms with Gasteiger partial charge in [0.1, 0.15) is 0 Å². The molecule has 1 heterocycles. The summed E-state index contributed by atoms with van der Waals surface area (Å²) in [7, 11) is 2.22. The van der Waals surface area contributed by atoms with Crippen molar-refractivity contribution in [3.63, 3.8) is 0 Å². The van der Waals surface area contributed by atoms with Gasteiger partial charge in [0, 0.05) is 24.7 Å². The van der Waals surface area contributed by atoms with Gasteiger partial charge in [0.05, 0.1) is 0 Å². The Hall–Kier alpha value is -0.460. The molecule has 1 nitrogen and oxygen atoms in total. The van der Waals surface area contributed by atoms with E-state index in [1.807, 2.05) is 13.8 Å². The molecular formula is C15H31N. The first-order valence-electron chi connectivity index (χ1n) is 6.59. The molecule has 0 saturated carbocycles. The van der Waals surface area contributed by atoms with Gasteiger partial charge in [0.25, 0.3) is 0 Å². The van der Waals surface area contributed by atoms with Crippen LogP contribution in [0.4, 0.5) is 0 Å². The van der Waals surface area contributed by atoms with Crippen LogP contribution in [0.1, 0.15) is 61.8 Å². The second-order valence-electron chi connectivity index (χ2n) is 6.50.